The lowest BCUT2D eigenvalue weighted by Crippen LogP contribution is -2.56. The van der Waals surface area contributed by atoms with Crippen LogP contribution in [-0.4, -0.2) is 79.6 Å². The van der Waals surface area contributed by atoms with E-state index in [4.69, 9.17) is 16.3 Å². The Bertz CT molecular complexity index is 1360. The maximum Gasteiger partial charge on any atom is 0.222 e. The number of piperidine rings is 1. The van der Waals surface area contributed by atoms with E-state index in [1.54, 1.807) is 7.11 Å². The topological polar surface area (TPSA) is 39.3 Å². The number of amides is 1. The van der Waals surface area contributed by atoms with Crippen molar-refractivity contribution in [1.82, 2.24) is 14.7 Å². The van der Waals surface area contributed by atoms with Crippen molar-refractivity contribution in [2.45, 2.75) is 44.8 Å². The molecule has 7 heteroatoms. The predicted molar refractivity (Wildman–Crippen MR) is 170 cm³/mol. The van der Waals surface area contributed by atoms with Crippen LogP contribution in [0.2, 0.25) is 5.02 Å². The van der Waals surface area contributed by atoms with Gasteiger partial charge in [-0.25, -0.2) is 0 Å². The molecule has 6 rings (SSSR count). The Morgan fingerprint density at radius 3 is 2.50 bits per heavy atom. The molecule has 2 saturated heterocycles. The molecule has 0 bridgehead atoms. The number of likely N-dealkylation sites (tertiary alicyclic amines) is 1. The first-order valence-electron chi connectivity index (χ1n) is 15.5. The van der Waals surface area contributed by atoms with E-state index in [2.05, 4.69) is 68.1 Å². The molecule has 0 aliphatic carbocycles. The highest BCUT2D eigenvalue weighted by Crippen LogP contribution is 2.32. The van der Waals surface area contributed by atoms with E-state index in [1.807, 2.05) is 24.3 Å². The zero-order chi connectivity index (χ0) is 28.9. The summed E-state index contributed by atoms with van der Waals surface area (Å²) in [5.74, 6) is 1.70. The van der Waals surface area contributed by atoms with E-state index < -0.39 is 0 Å². The zero-order valence-corrected chi connectivity index (χ0v) is 25.5. The molecule has 42 heavy (non-hydrogen) atoms. The summed E-state index contributed by atoms with van der Waals surface area (Å²) in [7, 11) is 1.75. The van der Waals surface area contributed by atoms with Crippen LogP contribution in [-0.2, 0) is 24.3 Å². The first-order chi connectivity index (χ1) is 20.6. The van der Waals surface area contributed by atoms with Crippen molar-refractivity contribution in [1.29, 1.82) is 0 Å². The average Bonchev–Trinajstić information content (AvgIpc) is 3.03. The number of hydrogen-bond acceptors (Lipinski definition) is 5. The summed E-state index contributed by atoms with van der Waals surface area (Å²) in [6.07, 6.45) is 3.64. The van der Waals surface area contributed by atoms with Crippen molar-refractivity contribution >= 4 is 23.2 Å². The highest BCUT2D eigenvalue weighted by atomic mass is 35.5. The Kier molecular flexibility index (Phi) is 9.33. The van der Waals surface area contributed by atoms with Gasteiger partial charge in [-0.1, -0.05) is 60.1 Å². The monoisotopic (exact) mass is 586 g/mol. The van der Waals surface area contributed by atoms with E-state index in [-0.39, 0.29) is 0 Å². The van der Waals surface area contributed by atoms with Gasteiger partial charge in [0.15, 0.2) is 0 Å². The van der Waals surface area contributed by atoms with Crippen molar-refractivity contribution in [2.24, 2.45) is 5.92 Å². The van der Waals surface area contributed by atoms with Crippen LogP contribution in [0.1, 0.15) is 36.0 Å². The normalized spacial score (nSPS) is 21.7. The number of carbonyl (C=O) groups excluding carboxylic acids is 1. The Balaban J connectivity index is 1.11. The lowest BCUT2D eigenvalue weighted by molar-refractivity contribution is -0.132. The number of halogens is 1. The number of hydrogen-bond donors (Lipinski definition) is 0. The molecule has 6 nitrogen and oxygen atoms in total. The van der Waals surface area contributed by atoms with Crippen molar-refractivity contribution in [2.75, 3.05) is 57.8 Å². The summed E-state index contributed by atoms with van der Waals surface area (Å²) in [4.78, 5) is 23.3. The van der Waals surface area contributed by atoms with Crippen LogP contribution in [0.25, 0.3) is 0 Å². The fraction of sp³-hybridized carbons (Fsp3) is 0.457. The van der Waals surface area contributed by atoms with Crippen molar-refractivity contribution < 1.29 is 9.53 Å². The van der Waals surface area contributed by atoms with E-state index in [1.165, 1.54) is 22.4 Å². The second-order valence-corrected chi connectivity index (χ2v) is 12.5. The standard InChI is InChI=1S/C35H43ClN4O2/c1-42-34-12-5-4-11-33(34)39-21-19-38(20-22-39)32-16-17-37(24-27-7-6-10-31(36)23-27)25-30(32)13-14-35(41)40-18-15-28-8-2-3-9-29(28)26-40/h2-12,23,30,32H,13-22,24-26H2,1H3/t30-,32+/m0/s1. The molecular formula is C35H43ClN4O2. The third-order valence-electron chi connectivity index (χ3n) is 9.49. The lowest BCUT2D eigenvalue weighted by atomic mass is 9.86. The van der Waals surface area contributed by atoms with Crippen molar-refractivity contribution in [3.05, 3.63) is 94.5 Å². The molecule has 0 saturated carbocycles. The van der Waals surface area contributed by atoms with E-state index in [9.17, 15) is 4.79 Å². The van der Waals surface area contributed by atoms with Gasteiger partial charge in [0.1, 0.15) is 5.75 Å². The Morgan fingerprint density at radius 1 is 0.905 bits per heavy atom. The SMILES string of the molecule is COc1ccccc1N1CCN([C@@H]2CCN(Cc3cccc(Cl)c3)C[C@@H]2CCC(=O)N2CCc3ccccc3C2)CC1. The van der Waals surface area contributed by atoms with Gasteiger partial charge < -0.3 is 14.5 Å². The second kappa shape index (κ2) is 13.5. The molecule has 0 aromatic heterocycles. The van der Waals surface area contributed by atoms with Gasteiger partial charge in [0.2, 0.25) is 5.91 Å². The molecule has 0 radical (unpaired) electrons. The fourth-order valence-electron chi connectivity index (χ4n) is 7.26. The Morgan fingerprint density at radius 2 is 1.69 bits per heavy atom. The number of para-hydroxylation sites is 2. The average molecular weight is 587 g/mol. The molecule has 2 fully saturated rings. The number of fused-ring (bicyclic) bond motifs is 1. The number of benzene rings is 3. The van der Waals surface area contributed by atoms with Crippen LogP contribution in [0.3, 0.4) is 0 Å². The van der Waals surface area contributed by atoms with Gasteiger partial charge in [-0.15, -0.1) is 0 Å². The molecular weight excluding hydrogens is 544 g/mol. The van der Waals surface area contributed by atoms with E-state index in [0.29, 0.717) is 24.3 Å². The quantitative estimate of drug-likeness (QED) is 0.337. The number of rotatable bonds is 8. The third kappa shape index (κ3) is 6.77. The maximum atomic E-state index is 13.5. The number of anilines is 1. The van der Waals surface area contributed by atoms with Gasteiger partial charge in [-0.3, -0.25) is 14.6 Å². The largest absolute Gasteiger partial charge is 0.495 e. The summed E-state index contributed by atoms with van der Waals surface area (Å²) in [5, 5.41) is 0.792. The zero-order valence-electron chi connectivity index (χ0n) is 24.8. The van der Waals surface area contributed by atoms with Gasteiger partial charge in [0.05, 0.1) is 12.8 Å². The third-order valence-corrected chi connectivity index (χ3v) is 9.73. The minimum absolute atomic E-state index is 0.302. The number of ether oxygens (including phenoxy) is 1. The Hall–Kier alpha value is -3.06. The number of nitrogens with zero attached hydrogens (tertiary/aromatic N) is 4. The summed E-state index contributed by atoms with van der Waals surface area (Å²) in [6.45, 7) is 8.60. The highest BCUT2D eigenvalue weighted by molar-refractivity contribution is 6.30. The molecule has 2 atom stereocenters. The van der Waals surface area contributed by atoms with Gasteiger partial charge in [0.25, 0.3) is 0 Å². The van der Waals surface area contributed by atoms with Gasteiger partial charge in [-0.05, 0) is 72.7 Å². The number of carbonyl (C=O) groups is 1. The maximum absolute atomic E-state index is 13.5. The second-order valence-electron chi connectivity index (χ2n) is 12.0. The number of piperazine rings is 1. The van der Waals surface area contributed by atoms with Crippen molar-refractivity contribution in [3.63, 3.8) is 0 Å². The first-order valence-corrected chi connectivity index (χ1v) is 15.9. The van der Waals surface area contributed by atoms with Gasteiger partial charge in [-0.2, -0.15) is 0 Å². The predicted octanol–water partition coefficient (Wildman–Crippen LogP) is 5.73. The van der Waals surface area contributed by atoms with Gasteiger partial charge in [0, 0.05) is 69.8 Å². The molecule has 3 aliphatic rings. The van der Waals surface area contributed by atoms with Crippen LogP contribution in [0, 0.1) is 5.92 Å². The van der Waals surface area contributed by atoms with Gasteiger partial charge >= 0.3 is 0 Å². The molecule has 0 spiro atoms. The van der Waals surface area contributed by atoms with Crippen LogP contribution >= 0.6 is 11.6 Å². The van der Waals surface area contributed by atoms with E-state index in [0.717, 1.165) is 88.9 Å². The fourth-order valence-corrected chi connectivity index (χ4v) is 7.47. The molecule has 0 unspecified atom stereocenters. The minimum Gasteiger partial charge on any atom is -0.495 e. The summed E-state index contributed by atoms with van der Waals surface area (Å²) >= 11 is 6.30. The van der Waals surface area contributed by atoms with Crippen LogP contribution in [0.5, 0.6) is 5.75 Å². The smallest absolute Gasteiger partial charge is 0.222 e. The number of methoxy groups -OCH3 is 1. The lowest BCUT2D eigenvalue weighted by Gasteiger charge is -2.47. The molecule has 222 valence electrons. The summed E-state index contributed by atoms with van der Waals surface area (Å²) < 4.78 is 5.65. The van der Waals surface area contributed by atoms with Crippen LogP contribution < -0.4 is 9.64 Å². The molecule has 3 aliphatic heterocycles. The minimum atomic E-state index is 0.302. The van der Waals surface area contributed by atoms with E-state index >= 15 is 0 Å². The van der Waals surface area contributed by atoms with Crippen molar-refractivity contribution in [3.8, 4) is 5.75 Å². The van der Waals surface area contributed by atoms with Crippen LogP contribution in [0.15, 0.2) is 72.8 Å². The molecule has 1 amide bonds. The summed E-state index contributed by atoms with van der Waals surface area (Å²) in [5.41, 5.74) is 5.13. The molecule has 3 aromatic rings. The summed E-state index contributed by atoms with van der Waals surface area (Å²) in [6, 6.07) is 25.6. The Labute approximate surface area is 255 Å². The molecule has 3 heterocycles. The van der Waals surface area contributed by atoms with Crippen LogP contribution in [0.4, 0.5) is 5.69 Å². The highest BCUT2D eigenvalue weighted by Gasteiger charge is 2.35. The molecule has 3 aromatic carbocycles. The first kappa shape index (κ1) is 29.0. The molecule has 0 N–H and O–H groups in total.